The quantitative estimate of drug-likeness (QED) is 0.878. The summed E-state index contributed by atoms with van der Waals surface area (Å²) in [6.07, 6.45) is 0. The first-order valence-electron chi connectivity index (χ1n) is 7.81. The topological polar surface area (TPSA) is 58.6 Å². The van der Waals surface area contributed by atoms with Crippen LogP contribution >= 0.6 is 11.6 Å². The van der Waals surface area contributed by atoms with E-state index in [1.165, 1.54) is 11.8 Å². The van der Waals surface area contributed by atoms with E-state index >= 15 is 0 Å². The van der Waals surface area contributed by atoms with Crippen LogP contribution in [0.25, 0.3) is 0 Å². The Balaban J connectivity index is 1.99. The number of hydrogen-bond donors (Lipinski definition) is 1. The number of anilines is 2. The molecule has 0 saturated carbocycles. The Bertz CT molecular complexity index is 782. The summed E-state index contributed by atoms with van der Waals surface area (Å²) >= 11 is 6.12. The molecule has 2 amide bonds. The van der Waals surface area contributed by atoms with Crippen molar-refractivity contribution in [2.24, 2.45) is 0 Å². The van der Waals surface area contributed by atoms with Gasteiger partial charge in [0.15, 0.2) is 6.61 Å². The summed E-state index contributed by atoms with van der Waals surface area (Å²) < 4.78 is 5.54. The Kier molecular flexibility index (Phi) is 6.04. The number of benzene rings is 2. The average Bonchev–Trinajstić information content (AvgIpc) is 2.57. The molecule has 2 rings (SSSR count). The first kappa shape index (κ1) is 18.8. The summed E-state index contributed by atoms with van der Waals surface area (Å²) in [5.41, 5.74) is 3.10. The Labute approximate surface area is 152 Å². The van der Waals surface area contributed by atoms with Gasteiger partial charge in [-0.15, -0.1) is 0 Å². The zero-order valence-electron chi connectivity index (χ0n) is 14.7. The minimum absolute atomic E-state index is 0.0831. The van der Waals surface area contributed by atoms with E-state index in [1.807, 2.05) is 13.8 Å². The monoisotopic (exact) mass is 360 g/mol. The van der Waals surface area contributed by atoms with E-state index in [2.05, 4.69) is 5.32 Å². The molecule has 2 aromatic rings. The Hall–Kier alpha value is -2.53. The van der Waals surface area contributed by atoms with Gasteiger partial charge in [0.25, 0.3) is 5.91 Å². The van der Waals surface area contributed by atoms with E-state index in [9.17, 15) is 9.59 Å². The highest BCUT2D eigenvalue weighted by Crippen LogP contribution is 2.26. The smallest absolute Gasteiger partial charge is 0.262 e. The van der Waals surface area contributed by atoms with E-state index in [1.54, 1.807) is 43.4 Å². The lowest BCUT2D eigenvalue weighted by Crippen LogP contribution is -2.23. The molecule has 0 radical (unpaired) electrons. The zero-order chi connectivity index (χ0) is 18.6. The lowest BCUT2D eigenvalue weighted by atomic mass is 10.1. The highest BCUT2D eigenvalue weighted by Gasteiger charge is 2.09. The molecule has 0 aliphatic rings. The molecule has 0 unspecified atom stereocenters. The van der Waals surface area contributed by atoms with Crippen LogP contribution in [0.5, 0.6) is 5.75 Å². The van der Waals surface area contributed by atoms with Gasteiger partial charge in [-0.05, 0) is 55.3 Å². The molecular weight excluding hydrogens is 340 g/mol. The summed E-state index contributed by atoms with van der Waals surface area (Å²) in [5, 5.41) is 3.46. The largest absolute Gasteiger partial charge is 0.484 e. The van der Waals surface area contributed by atoms with Gasteiger partial charge in [-0.25, -0.2) is 0 Å². The van der Waals surface area contributed by atoms with E-state index in [0.29, 0.717) is 22.1 Å². The minimum atomic E-state index is -0.284. The van der Waals surface area contributed by atoms with Crippen LogP contribution in [-0.2, 0) is 9.59 Å². The first-order valence-corrected chi connectivity index (χ1v) is 8.19. The van der Waals surface area contributed by atoms with E-state index in [-0.39, 0.29) is 18.4 Å². The SMILES string of the molecule is CC(=O)N(C)c1cccc(NC(=O)COc2cc(C)c(Cl)c(C)c2)c1. The maximum absolute atomic E-state index is 12.1. The van der Waals surface area contributed by atoms with Crippen molar-refractivity contribution < 1.29 is 14.3 Å². The number of nitrogens with zero attached hydrogens (tertiary/aromatic N) is 1. The fourth-order valence-electron chi connectivity index (χ4n) is 2.31. The van der Waals surface area contributed by atoms with Gasteiger partial charge in [0.2, 0.25) is 5.91 Å². The van der Waals surface area contributed by atoms with E-state index in [0.717, 1.165) is 11.1 Å². The van der Waals surface area contributed by atoms with Gasteiger partial charge in [-0.2, -0.15) is 0 Å². The average molecular weight is 361 g/mol. The summed E-state index contributed by atoms with van der Waals surface area (Å²) in [6, 6.07) is 10.7. The molecule has 5 nitrogen and oxygen atoms in total. The molecule has 2 aromatic carbocycles. The normalized spacial score (nSPS) is 10.3. The maximum atomic E-state index is 12.1. The molecular formula is C19H21ClN2O3. The molecule has 6 heteroatoms. The molecule has 132 valence electrons. The Morgan fingerprint density at radius 2 is 1.80 bits per heavy atom. The van der Waals surface area contributed by atoms with Crippen LogP contribution in [0.15, 0.2) is 36.4 Å². The van der Waals surface area contributed by atoms with Crippen LogP contribution < -0.4 is 15.0 Å². The molecule has 1 N–H and O–H groups in total. The number of halogens is 1. The third-order valence-electron chi connectivity index (χ3n) is 3.77. The van der Waals surface area contributed by atoms with Crippen molar-refractivity contribution in [3.63, 3.8) is 0 Å². The summed E-state index contributed by atoms with van der Waals surface area (Å²) in [7, 11) is 1.68. The van der Waals surface area contributed by atoms with Crippen molar-refractivity contribution in [2.75, 3.05) is 23.9 Å². The molecule has 0 spiro atoms. The highest BCUT2D eigenvalue weighted by atomic mass is 35.5. The molecule has 0 fully saturated rings. The number of aryl methyl sites for hydroxylation is 2. The summed E-state index contributed by atoms with van der Waals surface area (Å²) in [5.74, 6) is 0.229. The van der Waals surface area contributed by atoms with Gasteiger partial charge < -0.3 is 15.0 Å². The summed E-state index contributed by atoms with van der Waals surface area (Å²) in [4.78, 5) is 25.0. The number of ether oxygens (including phenoxy) is 1. The Morgan fingerprint density at radius 1 is 1.16 bits per heavy atom. The van der Waals surface area contributed by atoms with Gasteiger partial charge in [0.05, 0.1) is 0 Å². The highest BCUT2D eigenvalue weighted by molar-refractivity contribution is 6.32. The van der Waals surface area contributed by atoms with E-state index < -0.39 is 0 Å². The number of carbonyl (C=O) groups excluding carboxylic acids is 2. The van der Waals surface area contributed by atoms with Crippen molar-refractivity contribution in [1.29, 1.82) is 0 Å². The molecule has 0 saturated heterocycles. The first-order chi connectivity index (χ1) is 11.8. The maximum Gasteiger partial charge on any atom is 0.262 e. The molecule has 0 aromatic heterocycles. The molecule has 0 atom stereocenters. The Morgan fingerprint density at radius 3 is 2.40 bits per heavy atom. The summed E-state index contributed by atoms with van der Waals surface area (Å²) in [6.45, 7) is 5.14. The molecule has 0 aliphatic carbocycles. The van der Waals surface area contributed by atoms with Crippen LogP contribution in [0.3, 0.4) is 0 Å². The number of hydrogen-bond acceptors (Lipinski definition) is 3. The lowest BCUT2D eigenvalue weighted by Gasteiger charge is -2.16. The molecule has 25 heavy (non-hydrogen) atoms. The number of nitrogens with one attached hydrogen (secondary N) is 1. The standard InChI is InChI=1S/C19H21ClN2O3/c1-12-8-17(9-13(2)19(12)20)25-11-18(24)21-15-6-5-7-16(10-15)22(4)14(3)23/h5-10H,11H2,1-4H3,(H,21,24). The van der Waals surface area contributed by atoms with Gasteiger partial charge in [0.1, 0.15) is 5.75 Å². The minimum Gasteiger partial charge on any atom is -0.484 e. The van der Waals surface area contributed by atoms with Gasteiger partial charge >= 0.3 is 0 Å². The predicted octanol–water partition coefficient (Wildman–Crippen LogP) is 3.96. The van der Waals surface area contributed by atoms with Crippen LogP contribution in [0.2, 0.25) is 5.02 Å². The van der Waals surface area contributed by atoms with Crippen molar-refractivity contribution in [2.45, 2.75) is 20.8 Å². The van der Waals surface area contributed by atoms with Crippen molar-refractivity contribution in [1.82, 2.24) is 0 Å². The number of amides is 2. The second-order valence-corrected chi connectivity index (χ2v) is 6.21. The van der Waals surface area contributed by atoms with Crippen molar-refractivity contribution in [3.8, 4) is 5.75 Å². The van der Waals surface area contributed by atoms with Crippen LogP contribution in [-0.4, -0.2) is 25.5 Å². The van der Waals surface area contributed by atoms with Crippen LogP contribution in [0, 0.1) is 13.8 Å². The third kappa shape index (κ3) is 4.97. The molecule has 0 bridgehead atoms. The second kappa shape index (κ2) is 8.03. The second-order valence-electron chi connectivity index (χ2n) is 5.84. The zero-order valence-corrected chi connectivity index (χ0v) is 15.5. The van der Waals surface area contributed by atoms with Gasteiger partial charge in [0, 0.05) is 30.4 Å². The van der Waals surface area contributed by atoms with Crippen LogP contribution in [0.4, 0.5) is 11.4 Å². The van der Waals surface area contributed by atoms with Gasteiger partial charge in [-0.1, -0.05) is 17.7 Å². The molecule has 0 heterocycles. The fraction of sp³-hybridized carbons (Fsp3) is 0.263. The fourth-order valence-corrected chi connectivity index (χ4v) is 2.42. The third-order valence-corrected chi connectivity index (χ3v) is 4.37. The van der Waals surface area contributed by atoms with Crippen LogP contribution in [0.1, 0.15) is 18.1 Å². The van der Waals surface area contributed by atoms with Crippen molar-refractivity contribution in [3.05, 3.63) is 52.5 Å². The van der Waals surface area contributed by atoms with Gasteiger partial charge in [-0.3, -0.25) is 9.59 Å². The van der Waals surface area contributed by atoms with E-state index in [4.69, 9.17) is 16.3 Å². The lowest BCUT2D eigenvalue weighted by molar-refractivity contribution is -0.118. The number of carbonyl (C=O) groups is 2. The number of rotatable bonds is 5. The predicted molar refractivity (Wildman–Crippen MR) is 101 cm³/mol. The van der Waals surface area contributed by atoms with Crippen molar-refractivity contribution >= 4 is 34.8 Å². The molecule has 0 aliphatic heterocycles.